The van der Waals surface area contributed by atoms with Gasteiger partial charge in [-0.25, -0.2) is 0 Å². The van der Waals surface area contributed by atoms with Gasteiger partial charge in [-0.2, -0.15) is 0 Å². The number of ether oxygens (including phenoxy) is 1. The van der Waals surface area contributed by atoms with Crippen LogP contribution in [0.4, 0.5) is 0 Å². The predicted molar refractivity (Wildman–Crippen MR) is 83.8 cm³/mol. The molecule has 0 spiro atoms. The third-order valence-corrected chi connectivity index (χ3v) is 4.54. The van der Waals surface area contributed by atoms with Crippen LogP contribution in [0.5, 0.6) is 5.75 Å². The topological polar surface area (TPSA) is 21.3 Å². The molecule has 0 aliphatic heterocycles. The summed E-state index contributed by atoms with van der Waals surface area (Å²) in [5.74, 6) is 0.942. The third-order valence-electron chi connectivity index (χ3n) is 3.77. The molecule has 0 unspecified atom stereocenters. The van der Waals surface area contributed by atoms with Crippen LogP contribution in [0.1, 0.15) is 39.2 Å². The quantitative estimate of drug-likeness (QED) is 0.877. The lowest BCUT2D eigenvalue weighted by atomic mass is 9.95. The summed E-state index contributed by atoms with van der Waals surface area (Å²) in [4.78, 5) is 0. The van der Waals surface area contributed by atoms with E-state index in [9.17, 15) is 0 Å². The summed E-state index contributed by atoms with van der Waals surface area (Å²) in [5.41, 5.74) is 2.00. The zero-order valence-corrected chi connectivity index (χ0v) is 13.9. The molecule has 2 rings (SSSR count). The maximum Gasteiger partial charge on any atom is 0.119 e. The molecule has 3 heteroatoms. The Morgan fingerprint density at radius 3 is 2.53 bits per heavy atom. The smallest absolute Gasteiger partial charge is 0.119 e. The molecule has 0 radical (unpaired) electrons. The van der Waals surface area contributed by atoms with Crippen LogP contribution >= 0.6 is 15.9 Å². The Kier molecular flexibility index (Phi) is 4.26. The monoisotopic (exact) mass is 325 g/mol. The number of hydrogen-bond donors (Lipinski definition) is 1. The van der Waals surface area contributed by atoms with Gasteiger partial charge < -0.3 is 10.1 Å². The second kappa shape index (κ2) is 5.45. The van der Waals surface area contributed by atoms with Crippen molar-refractivity contribution in [3.8, 4) is 5.75 Å². The molecule has 1 aromatic rings. The fourth-order valence-corrected chi connectivity index (χ4v) is 2.65. The maximum atomic E-state index is 5.32. The minimum absolute atomic E-state index is 0.196. The largest absolute Gasteiger partial charge is 0.497 e. The minimum atomic E-state index is 0.196. The zero-order chi connectivity index (χ0) is 14.1. The molecule has 1 N–H and O–H groups in total. The molecule has 1 saturated carbocycles. The molecule has 0 atom stereocenters. The summed E-state index contributed by atoms with van der Waals surface area (Å²) < 4.78 is 6.51. The number of methoxy groups -OCH3 is 1. The Hall–Kier alpha value is -0.540. The average molecular weight is 326 g/mol. The van der Waals surface area contributed by atoms with Gasteiger partial charge in [0.15, 0.2) is 0 Å². The van der Waals surface area contributed by atoms with Crippen molar-refractivity contribution in [1.82, 2.24) is 5.32 Å². The van der Waals surface area contributed by atoms with Crippen molar-refractivity contribution in [3.63, 3.8) is 0 Å². The first-order valence-electron chi connectivity index (χ1n) is 6.91. The van der Waals surface area contributed by atoms with Crippen molar-refractivity contribution in [2.75, 3.05) is 13.7 Å². The minimum Gasteiger partial charge on any atom is -0.497 e. The van der Waals surface area contributed by atoms with E-state index in [0.717, 1.165) is 18.7 Å². The van der Waals surface area contributed by atoms with E-state index in [0.29, 0.717) is 5.41 Å². The molecule has 2 nitrogen and oxygen atoms in total. The Morgan fingerprint density at radius 2 is 2.00 bits per heavy atom. The van der Waals surface area contributed by atoms with Gasteiger partial charge in [-0.1, -0.05) is 15.9 Å². The van der Waals surface area contributed by atoms with E-state index >= 15 is 0 Å². The van der Waals surface area contributed by atoms with Crippen LogP contribution in [0.25, 0.3) is 0 Å². The molecule has 106 valence electrons. The van der Waals surface area contributed by atoms with Crippen molar-refractivity contribution < 1.29 is 4.74 Å². The Labute approximate surface area is 125 Å². The number of hydrogen-bond acceptors (Lipinski definition) is 2. The van der Waals surface area contributed by atoms with E-state index in [4.69, 9.17) is 4.74 Å². The van der Waals surface area contributed by atoms with E-state index in [-0.39, 0.29) is 5.54 Å². The summed E-state index contributed by atoms with van der Waals surface area (Å²) in [6.07, 6.45) is 3.76. The van der Waals surface area contributed by atoms with Crippen molar-refractivity contribution in [2.45, 2.75) is 45.6 Å². The van der Waals surface area contributed by atoms with Crippen LogP contribution in [-0.2, 0) is 6.42 Å². The normalized spacial score (nSPS) is 17.3. The molecule has 1 fully saturated rings. The standard InChI is InChI=1S/C16H24BrNO/c1-15(2,3)18-11-16(7-8-16)10-12-9-13(19-4)5-6-14(12)17/h5-6,9,18H,7-8,10-11H2,1-4H3. The number of rotatable bonds is 5. The fraction of sp³-hybridized carbons (Fsp3) is 0.625. The van der Waals surface area contributed by atoms with Crippen LogP contribution in [0.15, 0.2) is 22.7 Å². The first-order chi connectivity index (χ1) is 8.84. The Morgan fingerprint density at radius 1 is 1.32 bits per heavy atom. The summed E-state index contributed by atoms with van der Waals surface area (Å²) in [6, 6.07) is 6.24. The second-order valence-electron chi connectivity index (χ2n) is 6.74. The van der Waals surface area contributed by atoms with Crippen LogP contribution in [0, 0.1) is 5.41 Å². The van der Waals surface area contributed by atoms with Gasteiger partial charge in [0.25, 0.3) is 0 Å². The molecular weight excluding hydrogens is 302 g/mol. The van der Waals surface area contributed by atoms with E-state index in [2.05, 4.69) is 54.2 Å². The van der Waals surface area contributed by atoms with Gasteiger partial charge in [0.2, 0.25) is 0 Å². The van der Waals surface area contributed by atoms with Crippen molar-refractivity contribution in [2.24, 2.45) is 5.41 Å². The molecule has 1 aliphatic carbocycles. The highest BCUT2D eigenvalue weighted by Gasteiger charge is 2.43. The zero-order valence-electron chi connectivity index (χ0n) is 12.3. The Bertz CT molecular complexity index is 447. The predicted octanol–water partition coefficient (Wildman–Crippen LogP) is 4.17. The fourth-order valence-electron chi connectivity index (χ4n) is 2.26. The van der Waals surface area contributed by atoms with Gasteiger partial charge >= 0.3 is 0 Å². The molecular formula is C16H24BrNO. The van der Waals surface area contributed by atoms with Gasteiger partial charge in [0.1, 0.15) is 5.75 Å². The second-order valence-corrected chi connectivity index (χ2v) is 7.59. The van der Waals surface area contributed by atoms with Crippen LogP contribution in [0.2, 0.25) is 0 Å². The van der Waals surface area contributed by atoms with Crippen molar-refractivity contribution in [3.05, 3.63) is 28.2 Å². The van der Waals surface area contributed by atoms with E-state index in [1.165, 1.54) is 22.9 Å². The highest BCUT2D eigenvalue weighted by Crippen LogP contribution is 2.49. The lowest BCUT2D eigenvalue weighted by molar-refractivity contribution is 0.355. The van der Waals surface area contributed by atoms with Gasteiger partial charge in [-0.05, 0) is 69.2 Å². The van der Waals surface area contributed by atoms with Crippen LogP contribution < -0.4 is 10.1 Å². The number of benzene rings is 1. The lowest BCUT2D eigenvalue weighted by Crippen LogP contribution is -2.40. The van der Waals surface area contributed by atoms with Crippen LogP contribution in [-0.4, -0.2) is 19.2 Å². The van der Waals surface area contributed by atoms with E-state index in [1.807, 2.05) is 6.07 Å². The van der Waals surface area contributed by atoms with Gasteiger partial charge in [0.05, 0.1) is 7.11 Å². The molecule has 19 heavy (non-hydrogen) atoms. The summed E-state index contributed by atoms with van der Waals surface area (Å²) in [6.45, 7) is 7.78. The first-order valence-corrected chi connectivity index (χ1v) is 7.70. The molecule has 0 bridgehead atoms. The van der Waals surface area contributed by atoms with Gasteiger partial charge in [-0.3, -0.25) is 0 Å². The molecule has 0 amide bonds. The average Bonchev–Trinajstić information content (AvgIpc) is 3.09. The molecule has 1 aliphatic rings. The number of halogens is 1. The molecule has 1 aromatic carbocycles. The highest BCUT2D eigenvalue weighted by molar-refractivity contribution is 9.10. The molecule has 0 heterocycles. The maximum absolute atomic E-state index is 5.32. The summed E-state index contributed by atoms with van der Waals surface area (Å²) in [7, 11) is 1.72. The van der Waals surface area contributed by atoms with Crippen molar-refractivity contribution >= 4 is 15.9 Å². The van der Waals surface area contributed by atoms with Crippen molar-refractivity contribution in [1.29, 1.82) is 0 Å². The summed E-state index contributed by atoms with van der Waals surface area (Å²) >= 11 is 3.65. The van der Waals surface area contributed by atoms with Crippen LogP contribution in [0.3, 0.4) is 0 Å². The van der Waals surface area contributed by atoms with E-state index < -0.39 is 0 Å². The van der Waals surface area contributed by atoms with Gasteiger partial charge in [0, 0.05) is 16.6 Å². The summed E-state index contributed by atoms with van der Waals surface area (Å²) in [5, 5.41) is 3.65. The molecule has 0 saturated heterocycles. The first kappa shape index (κ1) is 14.9. The SMILES string of the molecule is COc1ccc(Br)c(CC2(CNC(C)(C)C)CC2)c1. The van der Waals surface area contributed by atoms with Gasteiger partial charge in [-0.15, -0.1) is 0 Å². The Balaban J connectivity index is 2.04. The molecule has 0 aromatic heterocycles. The highest BCUT2D eigenvalue weighted by atomic mass is 79.9. The lowest BCUT2D eigenvalue weighted by Gasteiger charge is -2.25. The third kappa shape index (κ3) is 4.22. The number of nitrogens with one attached hydrogen (secondary N) is 1. The van der Waals surface area contributed by atoms with E-state index in [1.54, 1.807) is 7.11 Å².